The van der Waals surface area contributed by atoms with Gasteiger partial charge >= 0.3 is 0 Å². The summed E-state index contributed by atoms with van der Waals surface area (Å²) >= 11 is 3.46. The Kier molecular flexibility index (Phi) is 5.16. The molecule has 0 saturated heterocycles. The van der Waals surface area contributed by atoms with E-state index < -0.39 is 11.0 Å². The van der Waals surface area contributed by atoms with Gasteiger partial charge in [-0.05, 0) is 56.7 Å². The lowest BCUT2D eigenvalue weighted by Crippen LogP contribution is -2.60. The largest absolute Gasteiger partial charge is 0.485 e. The van der Waals surface area contributed by atoms with Gasteiger partial charge in [0.15, 0.2) is 5.78 Å². The molecule has 0 bridgehead atoms. The van der Waals surface area contributed by atoms with E-state index in [1.807, 2.05) is 12.1 Å². The molecule has 1 fully saturated rings. The van der Waals surface area contributed by atoms with Crippen LogP contribution in [0.15, 0.2) is 22.7 Å². The van der Waals surface area contributed by atoms with Gasteiger partial charge in [-0.1, -0.05) is 22.4 Å². The number of hydrogen-bond acceptors (Lipinski definition) is 4. The van der Waals surface area contributed by atoms with Gasteiger partial charge in [0.1, 0.15) is 11.4 Å². The summed E-state index contributed by atoms with van der Waals surface area (Å²) in [6.45, 7) is 0. The summed E-state index contributed by atoms with van der Waals surface area (Å²) in [6, 6.07) is 9.89. The highest BCUT2D eigenvalue weighted by Gasteiger charge is 2.60. The molecule has 25 heavy (non-hydrogen) atoms. The Bertz CT molecular complexity index is 736. The van der Waals surface area contributed by atoms with Crippen molar-refractivity contribution in [1.29, 1.82) is 10.5 Å². The number of nitriles is 2. The van der Waals surface area contributed by atoms with Crippen molar-refractivity contribution < 1.29 is 9.53 Å². The molecule has 1 aliphatic carbocycles. The molecule has 3 rings (SSSR count). The minimum Gasteiger partial charge on any atom is -0.485 e. The van der Waals surface area contributed by atoms with E-state index in [-0.39, 0.29) is 5.78 Å². The summed E-state index contributed by atoms with van der Waals surface area (Å²) in [5.41, 5.74) is -0.793. The standard InChI is InChI=1S/C20H21BrN2O2/c21-15-6-7-16-17(14-15)25-20(10-2-1-3-11-20)19(18(16)24,8-4-12-22)9-5-13-23/h6-7,14H,1-5,8-11H2. The SMILES string of the molecule is N#CCCC1(CCC#N)C(=O)c2ccc(Br)cc2OC12CCCCC2. The fraction of sp³-hybridized carbons (Fsp3) is 0.550. The molecule has 0 unspecified atom stereocenters. The van der Waals surface area contributed by atoms with Crippen LogP contribution in [0.4, 0.5) is 0 Å². The first-order valence-corrected chi connectivity index (χ1v) is 9.65. The highest BCUT2D eigenvalue weighted by molar-refractivity contribution is 9.10. The molecule has 1 spiro atoms. The van der Waals surface area contributed by atoms with Crippen LogP contribution in [0.3, 0.4) is 0 Å². The molecule has 0 amide bonds. The second-order valence-corrected chi connectivity index (χ2v) is 7.94. The number of hydrogen-bond donors (Lipinski definition) is 0. The quantitative estimate of drug-likeness (QED) is 0.684. The topological polar surface area (TPSA) is 73.9 Å². The number of benzene rings is 1. The second-order valence-electron chi connectivity index (χ2n) is 7.02. The third kappa shape index (κ3) is 2.96. The lowest BCUT2D eigenvalue weighted by molar-refractivity contribution is -0.0845. The Morgan fingerprint density at radius 3 is 2.32 bits per heavy atom. The molecule has 0 N–H and O–H groups in total. The Hall–Kier alpha value is -1.85. The van der Waals surface area contributed by atoms with Gasteiger partial charge in [0.05, 0.1) is 23.1 Å². The maximum Gasteiger partial charge on any atom is 0.176 e. The van der Waals surface area contributed by atoms with E-state index >= 15 is 0 Å². The summed E-state index contributed by atoms with van der Waals surface area (Å²) in [5, 5.41) is 18.3. The van der Waals surface area contributed by atoms with Crippen LogP contribution in [-0.2, 0) is 0 Å². The van der Waals surface area contributed by atoms with Crippen molar-refractivity contribution in [2.75, 3.05) is 0 Å². The molecule has 1 saturated carbocycles. The first-order valence-electron chi connectivity index (χ1n) is 8.86. The molecule has 1 aliphatic heterocycles. The van der Waals surface area contributed by atoms with Crippen molar-refractivity contribution in [2.45, 2.75) is 63.4 Å². The van der Waals surface area contributed by atoms with E-state index in [4.69, 9.17) is 15.3 Å². The number of ether oxygens (including phenoxy) is 1. The molecule has 5 heteroatoms. The van der Waals surface area contributed by atoms with Crippen LogP contribution in [0.2, 0.25) is 0 Å². The molecular formula is C20H21BrN2O2. The van der Waals surface area contributed by atoms with E-state index in [2.05, 4.69) is 28.1 Å². The van der Waals surface area contributed by atoms with E-state index in [0.717, 1.165) is 36.6 Å². The summed E-state index contributed by atoms with van der Waals surface area (Å²) in [7, 11) is 0. The molecular weight excluding hydrogens is 380 g/mol. The zero-order chi connectivity index (χ0) is 17.9. The van der Waals surface area contributed by atoms with Crippen molar-refractivity contribution in [3.63, 3.8) is 0 Å². The van der Waals surface area contributed by atoms with Crippen molar-refractivity contribution in [3.8, 4) is 17.9 Å². The summed E-state index contributed by atoms with van der Waals surface area (Å²) in [4.78, 5) is 13.6. The van der Waals surface area contributed by atoms with Crippen LogP contribution < -0.4 is 4.74 Å². The van der Waals surface area contributed by atoms with Gasteiger partial charge in [0.25, 0.3) is 0 Å². The summed E-state index contributed by atoms with van der Waals surface area (Å²) < 4.78 is 7.43. The van der Waals surface area contributed by atoms with E-state index in [1.165, 1.54) is 0 Å². The molecule has 1 heterocycles. The molecule has 130 valence electrons. The monoisotopic (exact) mass is 400 g/mol. The number of rotatable bonds is 4. The molecule has 4 nitrogen and oxygen atoms in total. The maximum atomic E-state index is 13.6. The maximum absolute atomic E-state index is 13.6. The molecule has 0 atom stereocenters. The number of ketones is 1. The van der Waals surface area contributed by atoms with Crippen LogP contribution in [0.25, 0.3) is 0 Å². The van der Waals surface area contributed by atoms with Crippen LogP contribution in [0.1, 0.15) is 68.1 Å². The number of nitrogens with zero attached hydrogens (tertiary/aromatic N) is 2. The molecule has 0 aromatic heterocycles. The van der Waals surface area contributed by atoms with Crippen molar-refractivity contribution in [1.82, 2.24) is 0 Å². The average Bonchev–Trinajstić information content (AvgIpc) is 2.62. The Morgan fingerprint density at radius 1 is 1.08 bits per heavy atom. The van der Waals surface area contributed by atoms with Crippen LogP contribution in [-0.4, -0.2) is 11.4 Å². The van der Waals surface area contributed by atoms with E-state index in [9.17, 15) is 4.79 Å². The number of Topliss-reactive ketones (excluding diaryl/α,β-unsaturated/α-hetero) is 1. The number of carbonyl (C=O) groups excluding carboxylic acids is 1. The van der Waals surface area contributed by atoms with Gasteiger partial charge < -0.3 is 4.74 Å². The molecule has 1 aromatic rings. The lowest BCUT2D eigenvalue weighted by Gasteiger charge is -2.54. The van der Waals surface area contributed by atoms with Crippen molar-refractivity contribution in [3.05, 3.63) is 28.2 Å². The molecule has 2 aliphatic rings. The van der Waals surface area contributed by atoms with Crippen LogP contribution in [0, 0.1) is 28.1 Å². The third-order valence-electron chi connectivity index (χ3n) is 5.79. The normalized spacial score (nSPS) is 20.2. The van der Waals surface area contributed by atoms with E-state index in [1.54, 1.807) is 6.07 Å². The molecule has 1 aromatic carbocycles. The van der Waals surface area contributed by atoms with Gasteiger partial charge in [0.2, 0.25) is 0 Å². The fourth-order valence-corrected chi connectivity index (χ4v) is 4.93. The van der Waals surface area contributed by atoms with Crippen LogP contribution in [0.5, 0.6) is 5.75 Å². The average molecular weight is 401 g/mol. The molecule has 0 radical (unpaired) electrons. The van der Waals surface area contributed by atoms with Gasteiger partial charge in [-0.25, -0.2) is 0 Å². The first-order chi connectivity index (χ1) is 12.1. The first kappa shape index (κ1) is 18.0. The van der Waals surface area contributed by atoms with Crippen molar-refractivity contribution in [2.24, 2.45) is 5.41 Å². The number of fused-ring (bicyclic) bond motifs is 1. The number of halogens is 1. The smallest absolute Gasteiger partial charge is 0.176 e. The van der Waals surface area contributed by atoms with Gasteiger partial charge in [0, 0.05) is 17.3 Å². The van der Waals surface area contributed by atoms with Gasteiger partial charge in [-0.3, -0.25) is 4.79 Å². The summed E-state index contributed by atoms with van der Waals surface area (Å²) in [5.74, 6) is 0.680. The van der Waals surface area contributed by atoms with Crippen molar-refractivity contribution >= 4 is 21.7 Å². The Balaban J connectivity index is 2.16. The Morgan fingerprint density at radius 2 is 1.72 bits per heavy atom. The highest BCUT2D eigenvalue weighted by atomic mass is 79.9. The van der Waals surface area contributed by atoms with Gasteiger partial charge in [-0.2, -0.15) is 10.5 Å². The minimum atomic E-state index is -0.778. The van der Waals surface area contributed by atoms with E-state index in [0.29, 0.717) is 37.0 Å². The zero-order valence-corrected chi connectivity index (χ0v) is 15.8. The summed E-state index contributed by atoms with van der Waals surface area (Å²) in [6.07, 6.45) is 6.29. The Labute approximate surface area is 156 Å². The fourth-order valence-electron chi connectivity index (χ4n) is 4.59. The highest BCUT2D eigenvalue weighted by Crippen LogP contribution is 2.56. The second kappa shape index (κ2) is 7.18. The predicted molar refractivity (Wildman–Crippen MR) is 97.0 cm³/mol. The minimum absolute atomic E-state index is 0.0497. The van der Waals surface area contributed by atoms with Crippen LogP contribution >= 0.6 is 15.9 Å². The van der Waals surface area contributed by atoms with Gasteiger partial charge in [-0.15, -0.1) is 0 Å². The number of carbonyl (C=O) groups is 1. The predicted octanol–water partition coefficient (Wildman–Crippen LogP) is 5.32. The lowest BCUT2D eigenvalue weighted by atomic mass is 9.56. The zero-order valence-electron chi connectivity index (χ0n) is 14.2. The third-order valence-corrected chi connectivity index (χ3v) is 6.28.